The summed E-state index contributed by atoms with van der Waals surface area (Å²) in [6.45, 7) is 4.77. The Labute approximate surface area is 133 Å². The molecule has 22 heavy (non-hydrogen) atoms. The van der Waals surface area contributed by atoms with E-state index in [0.29, 0.717) is 25.4 Å². The van der Waals surface area contributed by atoms with Gasteiger partial charge in [-0.3, -0.25) is 4.90 Å². The number of hydrogen-bond donors (Lipinski definition) is 3. The zero-order chi connectivity index (χ0) is 16.0. The summed E-state index contributed by atoms with van der Waals surface area (Å²) in [7, 11) is 0. The third-order valence-electron chi connectivity index (χ3n) is 4.50. The van der Waals surface area contributed by atoms with Gasteiger partial charge in [-0.2, -0.15) is 0 Å². The van der Waals surface area contributed by atoms with Crippen LogP contribution in [0.15, 0.2) is 30.3 Å². The van der Waals surface area contributed by atoms with Gasteiger partial charge in [-0.15, -0.1) is 0 Å². The summed E-state index contributed by atoms with van der Waals surface area (Å²) in [6.07, 6.45) is 3.03. The SMILES string of the molecule is CC(O)(CC(O)CN(CCCN)Cc1ccccc1)C1CC1. The lowest BCUT2D eigenvalue weighted by Crippen LogP contribution is -2.39. The van der Waals surface area contributed by atoms with E-state index < -0.39 is 11.7 Å². The zero-order valence-corrected chi connectivity index (χ0v) is 13.6. The van der Waals surface area contributed by atoms with Gasteiger partial charge in [-0.05, 0) is 50.8 Å². The fourth-order valence-corrected chi connectivity index (χ4v) is 3.10. The van der Waals surface area contributed by atoms with E-state index in [-0.39, 0.29) is 0 Å². The van der Waals surface area contributed by atoms with Crippen LogP contribution in [-0.2, 0) is 6.54 Å². The Morgan fingerprint density at radius 1 is 1.32 bits per heavy atom. The van der Waals surface area contributed by atoms with Crippen LogP contribution in [-0.4, -0.2) is 46.5 Å². The Balaban J connectivity index is 1.87. The van der Waals surface area contributed by atoms with Gasteiger partial charge in [0.25, 0.3) is 0 Å². The third-order valence-corrected chi connectivity index (χ3v) is 4.50. The van der Waals surface area contributed by atoms with Crippen molar-refractivity contribution in [2.45, 2.75) is 50.9 Å². The van der Waals surface area contributed by atoms with Gasteiger partial charge in [0.15, 0.2) is 0 Å². The fraction of sp³-hybridized carbons (Fsp3) is 0.667. The predicted octanol–water partition coefficient (Wildman–Crippen LogP) is 1.75. The smallest absolute Gasteiger partial charge is 0.0694 e. The van der Waals surface area contributed by atoms with E-state index >= 15 is 0 Å². The Morgan fingerprint density at radius 2 is 2.00 bits per heavy atom. The number of nitrogens with zero attached hydrogens (tertiary/aromatic N) is 1. The molecule has 2 atom stereocenters. The second-order valence-electron chi connectivity index (χ2n) is 6.85. The maximum absolute atomic E-state index is 10.4. The Hall–Kier alpha value is -0.940. The van der Waals surface area contributed by atoms with Gasteiger partial charge in [-0.1, -0.05) is 30.3 Å². The average Bonchev–Trinajstić information content (AvgIpc) is 3.30. The molecule has 0 saturated heterocycles. The molecular formula is C18H30N2O2. The van der Waals surface area contributed by atoms with Gasteiger partial charge in [0.1, 0.15) is 0 Å². The lowest BCUT2D eigenvalue weighted by atomic mass is 9.93. The summed E-state index contributed by atoms with van der Waals surface area (Å²) in [4.78, 5) is 2.23. The number of aliphatic hydroxyl groups excluding tert-OH is 1. The average molecular weight is 306 g/mol. The van der Waals surface area contributed by atoms with Crippen molar-refractivity contribution >= 4 is 0 Å². The highest BCUT2D eigenvalue weighted by atomic mass is 16.3. The van der Waals surface area contributed by atoms with E-state index in [1.807, 2.05) is 25.1 Å². The molecule has 124 valence electrons. The summed E-state index contributed by atoms with van der Waals surface area (Å²) < 4.78 is 0. The third kappa shape index (κ3) is 5.69. The van der Waals surface area contributed by atoms with Crippen LogP contribution in [0.4, 0.5) is 0 Å². The van der Waals surface area contributed by atoms with Crippen LogP contribution in [0.1, 0.15) is 38.2 Å². The van der Waals surface area contributed by atoms with Crippen molar-refractivity contribution in [3.8, 4) is 0 Å². The largest absolute Gasteiger partial charge is 0.392 e. The molecule has 4 heteroatoms. The zero-order valence-electron chi connectivity index (χ0n) is 13.6. The number of nitrogens with two attached hydrogens (primary N) is 1. The Morgan fingerprint density at radius 3 is 2.59 bits per heavy atom. The number of aliphatic hydroxyl groups is 2. The number of rotatable bonds is 10. The molecule has 0 aromatic heterocycles. The van der Waals surface area contributed by atoms with Gasteiger partial charge >= 0.3 is 0 Å². The Kier molecular flexibility index (Phi) is 6.38. The van der Waals surface area contributed by atoms with E-state index in [4.69, 9.17) is 5.73 Å². The maximum Gasteiger partial charge on any atom is 0.0694 e. The molecule has 1 aliphatic carbocycles. The molecule has 4 N–H and O–H groups in total. The number of hydrogen-bond acceptors (Lipinski definition) is 4. The van der Waals surface area contributed by atoms with Crippen LogP contribution in [0.25, 0.3) is 0 Å². The second kappa shape index (κ2) is 8.06. The summed E-state index contributed by atoms with van der Waals surface area (Å²) in [5.41, 5.74) is 6.13. The molecule has 1 aliphatic rings. The van der Waals surface area contributed by atoms with Crippen molar-refractivity contribution in [2.75, 3.05) is 19.6 Å². The molecule has 0 spiro atoms. The van der Waals surface area contributed by atoms with Crippen molar-refractivity contribution < 1.29 is 10.2 Å². The van der Waals surface area contributed by atoms with E-state index in [9.17, 15) is 10.2 Å². The van der Waals surface area contributed by atoms with E-state index in [1.165, 1.54) is 5.56 Å². The van der Waals surface area contributed by atoms with Crippen LogP contribution in [0.3, 0.4) is 0 Å². The molecule has 1 saturated carbocycles. The molecule has 1 fully saturated rings. The lowest BCUT2D eigenvalue weighted by molar-refractivity contribution is -0.0230. The minimum absolute atomic E-state index is 0.369. The van der Waals surface area contributed by atoms with Crippen LogP contribution < -0.4 is 5.73 Å². The van der Waals surface area contributed by atoms with E-state index in [2.05, 4.69) is 17.0 Å². The standard InChI is InChI=1S/C18H30N2O2/c1-18(22,16-8-9-16)12-17(21)14-20(11-5-10-19)13-15-6-3-2-4-7-15/h2-4,6-7,16-17,21-22H,5,8-14,19H2,1H3. The van der Waals surface area contributed by atoms with Crippen LogP contribution >= 0.6 is 0 Å². The molecule has 1 aromatic carbocycles. The minimum atomic E-state index is -0.730. The molecule has 0 heterocycles. The van der Waals surface area contributed by atoms with Gasteiger partial charge in [0, 0.05) is 19.5 Å². The van der Waals surface area contributed by atoms with Crippen LogP contribution in [0.5, 0.6) is 0 Å². The minimum Gasteiger partial charge on any atom is -0.392 e. The van der Waals surface area contributed by atoms with Crippen molar-refractivity contribution in [3.63, 3.8) is 0 Å². The first-order valence-corrected chi connectivity index (χ1v) is 8.38. The van der Waals surface area contributed by atoms with E-state index in [0.717, 1.165) is 32.4 Å². The molecule has 0 amide bonds. The van der Waals surface area contributed by atoms with Crippen molar-refractivity contribution in [3.05, 3.63) is 35.9 Å². The normalized spacial score (nSPS) is 19.1. The van der Waals surface area contributed by atoms with Gasteiger partial charge in [-0.25, -0.2) is 0 Å². The highest BCUT2D eigenvalue weighted by molar-refractivity contribution is 5.14. The molecule has 4 nitrogen and oxygen atoms in total. The van der Waals surface area contributed by atoms with Gasteiger partial charge in [0.2, 0.25) is 0 Å². The molecule has 0 bridgehead atoms. The van der Waals surface area contributed by atoms with Crippen LogP contribution in [0.2, 0.25) is 0 Å². The summed E-state index contributed by atoms with van der Waals surface area (Å²) >= 11 is 0. The number of benzene rings is 1. The predicted molar refractivity (Wildman–Crippen MR) is 89.4 cm³/mol. The lowest BCUT2D eigenvalue weighted by Gasteiger charge is -2.30. The van der Waals surface area contributed by atoms with Crippen molar-refractivity contribution in [2.24, 2.45) is 11.7 Å². The molecule has 0 radical (unpaired) electrons. The summed E-state index contributed by atoms with van der Waals surface area (Å²) in [5, 5.41) is 20.8. The highest BCUT2D eigenvalue weighted by Gasteiger charge is 2.41. The first-order valence-electron chi connectivity index (χ1n) is 8.38. The second-order valence-corrected chi connectivity index (χ2v) is 6.85. The van der Waals surface area contributed by atoms with Gasteiger partial charge in [0.05, 0.1) is 11.7 Å². The monoisotopic (exact) mass is 306 g/mol. The molecular weight excluding hydrogens is 276 g/mol. The Bertz CT molecular complexity index is 432. The molecule has 2 unspecified atom stereocenters. The topological polar surface area (TPSA) is 69.7 Å². The first kappa shape index (κ1) is 17.4. The fourth-order valence-electron chi connectivity index (χ4n) is 3.10. The highest BCUT2D eigenvalue weighted by Crippen LogP contribution is 2.41. The first-order chi connectivity index (χ1) is 10.5. The van der Waals surface area contributed by atoms with E-state index in [1.54, 1.807) is 0 Å². The summed E-state index contributed by atoms with van der Waals surface area (Å²) in [5.74, 6) is 0.369. The van der Waals surface area contributed by atoms with Gasteiger partial charge < -0.3 is 15.9 Å². The van der Waals surface area contributed by atoms with Crippen molar-refractivity contribution in [1.29, 1.82) is 0 Å². The quantitative estimate of drug-likeness (QED) is 0.616. The molecule has 1 aromatic rings. The van der Waals surface area contributed by atoms with Crippen LogP contribution in [0, 0.1) is 5.92 Å². The molecule has 2 rings (SSSR count). The summed E-state index contributed by atoms with van der Waals surface area (Å²) in [6, 6.07) is 10.3. The molecule has 0 aliphatic heterocycles. The van der Waals surface area contributed by atoms with Crippen molar-refractivity contribution in [1.82, 2.24) is 4.90 Å². The maximum atomic E-state index is 10.4.